The Morgan fingerprint density at radius 3 is 2.60 bits per heavy atom. The van der Waals surface area contributed by atoms with Gasteiger partial charge in [0.15, 0.2) is 5.76 Å². The van der Waals surface area contributed by atoms with E-state index in [0.717, 1.165) is 16.0 Å². The molecule has 0 aliphatic rings. The number of nitrogens with zero attached hydrogens (tertiary/aromatic N) is 1. The van der Waals surface area contributed by atoms with Gasteiger partial charge in [-0.25, -0.2) is 0 Å². The SMILES string of the molecule is CC(C)c1ccccc1SNC(=O)c1cc2ccc(N(C)C)cc2o1. The number of furan rings is 1. The van der Waals surface area contributed by atoms with Crippen molar-refractivity contribution >= 4 is 34.5 Å². The zero-order chi connectivity index (χ0) is 18.0. The van der Waals surface area contributed by atoms with Crippen molar-refractivity contribution < 1.29 is 9.21 Å². The zero-order valence-corrected chi connectivity index (χ0v) is 15.7. The molecule has 1 aromatic heterocycles. The first kappa shape index (κ1) is 17.4. The van der Waals surface area contributed by atoms with E-state index < -0.39 is 0 Å². The van der Waals surface area contributed by atoms with Gasteiger partial charge in [0.1, 0.15) is 5.58 Å². The summed E-state index contributed by atoms with van der Waals surface area (Å²) in [5, 5.41) is 0.920. The number of hydrogen-bond acceptors (Lipinski definition) is 4. The molecule has 1 amide bonds. The van der Waals surface area contributed by atoms with Crippen molar-refractivity contribution in [3.05, 3.63) is 59.9 Å². The fraction of sp³-hybridized carbons (Fsp3) is 0.250. The number of carbonyl (C=O) groups excluding carboxylic acids is 1. The van der Waals surface area contributed by atoms with Gasteiger partial charge in [-0.05, 0) is 47.7 Å². The van der Waals surface area contributed by atoms with E-state index in [1.807, 2.05) is 55.4 Å². The molecule has 2 aromatic carbocycles. The largest absolute Gasteiger partial charge is 0.451 e. The van der Waals surface area contributed by atoms with Crippen LogP contribution in [0.15, 0.2) is 57.8 Å². The molecule has 3 rings (SSSR count). The topological polar surface area (TPSA) is 45.5 Å². The third-order valence-electron chi connectivity index (χ3n) is 4.04. The number of nitrogens with one attached hydrogen (secondary N) is 1. The predicted octanol–water partition coefficient (Wildman–Crippen LogP) is 5.06. The van der Waals surface area contributed by atoms with Crippen LogP contribution in [0.25, 0.3) is 11.0 Å². The van der Waals surface area contributed by atoms with Gasteiger partial charge in [-0.15, -0.1) is 0 Å². The summed E-state index contributed by atoms with van der Waals surface area (Å²) in [5.41, 5.74) is 2.96. The quantitative estimate of drug-likeness (QED) is 0.651. The molecule has 1 heterocycles. The maximum Gasteiger partial charge on any atom is 0.297 e. The Morgan fingerprint density at radius 2 is 1.88 bits per heavy atom. The standard InChI is InChI=1S/C20H22N2O2S/c1-13(2)16-7-5-6-8-19(16)25-21-20(23)18-11-14-9-10-15(22(3)4)12-17(14)24-18/h5-13H,1-4H3,(H,21,23). The first-order valence-electron chi connectivity index (χ1n) is 8.22. The molecule has 1 N–H and O–H groups in total. The van der Waals surface area contributed by atoms with E-state index in [2.05, 4.69) is 24.6 Å². The monoisotopic (exact) mass is 354 g/mol. The smallest absolute Gasteiger partial charge is 0.297 e. The maximum atomic E-state index is 12.5. The molecule has 0 aliphatic carbocycles. The molecule has 130 valence electrons. The summed E-state index contributed by atoms with van der Waals surface area (Å²) in [6.07, 6.45) is 0. The van der Waals surface area contributed by atoms with E-state index in [0.29, 0.717) is 17.3 Å². The van der Waals surface area contributed by atoms with Gasteiger partial charge in [-0.1, -0.05) is 32.0 Å². The van der Waals surface area contributed by atoms with Crippen LogP contribution in [-0.2, 0) is 0 Å². The first-order chi connectivity index (χ1) is 12.0. The highest BCUT2D eigenvalue weighted by Gasteiger charge is 2.14. The third-order valence-corrected chi connectivity index (χ3v) is 4.92. The number of amides is 1. The second kappa shape index (κ2) is 7.23. The van der Waals surface area contributed by atoms with Gasteiger partial charge in [-0.3, -0.25) is 9.52 Å². The predicted molar refractivity (Wildman–Crippen MR) is 104 cm³/mol. The zero-order valence-electron chi connectivity index (χ0n) is 14.9. The fourth-order valence-corrected chi connectivity index (χ4v) is 3.48. The van der Waals surface area contributed by atoms with E-state index in [1.165, 1.54) is 17.5 Å². The lowest BCUT2D eigenvalue weighted by atomic mass is 10.0. The molecular formula is C20H22N2O2S. The van der Waals surface area contributed by atoms with Gasteiger partial charge in [-0.2, -0.15) is 0 Å². The fourth-order valence-electron chi connectivity index (χ4n) is 2.61. The summed E-state index contributed by atoms with van der Waals surface area (Å²) >= 11 is 1.33. The molecule has 25 heavy (non-hydrogen) atoms. The lowest BCUT2D eigenvalue weighted by Crippen LogP contribution is -2.15. The number of carbonyl (C=O) groups is 1. The Morgan fingerprint density at radius 1 is 1.12 bits per heavy atom. The molecule has 3 aromatic rings. The van der Waals surface area contributed by atoms with Gasteiger partial charge in [0.2, 0.25) is 0 Å². The molecule has 0 saturated heterocycles. The molecule has 0 spiro atoms. The molecule has 0 atom stereocenters. The van der Waals surface area contributed by atoms with Crippen LogP contribution in [0.5, 0.6) is 0 Å². The Kier molecular flexibility index (Phi) is 5.04. The molecule has 0 fully saturated rings. The minimum atomic E-state index is -0.230. The minimum Gasteiger partial charge on any atom is -0.451 e. The van der Waals surface area contributed by atoms with Gasteiger partial charge >= 0.3 is 0 Å². The molecule has 5 heteroatoms. The summed E-state index contributed by atoms with van der Waals surface area (Å²) in [7, 11) is 3.95. The molecule has 0 radical (unpaired) electrons. The minimum absolute atomic E-state index is 0.230. The lowest BCUT2D eigenvalue weighted by Gasteiger charge is -2.11. The molecule has 0 aliphatic heterocycles. The average Bonchev–Trinajstić information content (AvgIpc) is 3.03. The number of benzene rings is 2. The van der Waals surface area contributed by atoms with Crippen molar-refractivity contribution in [1.29, 1.82) is 0 Å². The lowest BCUT2D eigenvalue weighted by molar-refractivity contribution is 0.0959. The summed E-state index contributed by atoms with van der Waals surface area (Å²) in [6, 6.07) is 15.8. The van der Waals surface area contributed by atoms with E-state index in [1.54, 1.807) is 6.07 Å². The number of anilines is 1. The van der Waals surface area contributed by atoms with Crippen LogP contribution < -0.4 is 9.62 Å². The molecule has 0 saturated carbocycles. The van der Waals surface area contributed by atoms with Crippen LogP contribution in [0.1, 0.15) is 35.9 Å². The van der Waals surface area contributed by atoms with Crippen LogP contribution in [0, 0.1) is 0 Å². The van der Waals surface area contributed by atoms with Crippen LogP contribution in [0.3, 0.4) is 0 Å². The molecule has 0 bridgehead atoms. The van der Waals surface area contributed by atoms with Crippen LogP contribution in [0.2, 0.25) is 0 Å². The third kappa shape index (κ3) is 3.82. The van der Waals surface area contributed by atoms with Crippen molar-refractivity contribution in [3.63, 3.8) is 0 Å². The van der Waals surface area contributed by atoms with Crippen molar-refractivity contribution in [2.45, 2.75) is 24.7 Å². The summed E-state index contributed by atoms with van der Waals surface area (Å²) < 4.78 is 8.62. The van der Waals surface area contributed by atoms with Crippen LogP contribution in [0.4, 0.5) is 5.69 Å². The Balaban J connectivity index is 1.77. The Labute approximate surface area is 152 Å². The number of fused-ring (bicyclic) bond motifs is 1. The molecule has 4 nitrogen and oxygen atoms in total. The summed E-state index contributed by atoms with van der Waals surface area (Å²) in [6.45, 7) is 4.28. The van der Waals surface area contributed by atoms with Gasteiger partial charge in [0.25, 0.3) is 5.91 Å². The van der Waals surface area contributed by atoms with Crippen molar-refractivity contribution in [1.82, 2.24) is 4.72 Å². The summed E-state index contributed by atoms with van der Waals surface area (Å²) in [4.78, 5) is 15.5. The first-order valence-corrected chi connectivity index (χ1v) is 9.04. The highest BCUT2D eigenvalue weighted by Crippen LogP contribution is 2.28. The van der Waals surface area contributed by atoms with Crippen molar-refractivity contribution in [2.75, 3.05) is 19.0 Å². The van der Waals surface area contributed by atoms with E-state index >= 15 is 0 Å². The highest BCUT2D eigenvalue weighted by molar-refractivity contribution is 7.98. The maximum absolute atomic E-state index is 12.5. The molecule has 0 unspecified atom stereocenters. The van der Waals surface area contributed by atoms with Crippen LogP contribution >= 0.6 is 11.9 Å². The second-order valence-corrected chi connectivity index (χ2v) is 7.30. The van der Waals surface area contributed by atoms with Crippen molar-refractivity contribution in [3.8, 4) is 0 Å². The average molecular weight is 354 g/mol. The van der Waals surface area contributed by atoms with Crippen LogP contribution in [-0.4, -0.2) is 20.0 Å². The second-order valence-electron chi connectivity index (χ2n) is 6.45. The summed E-state index contributed by atoms with van der Waals surface area (Å²) in [5.74, 6) is 0.489. The molecular weight excluding hydrogens is 332 g/mol. The van der Waals surface area contributed by atoms with Gasteiger partial charge in [0.05, 0.1) is 0 Å². The number of rotatable bonds is 5. The number of hydrogen-bond donors (Lipinski definition) is 1. The van der Waals surface area contributed by atoms with Gasteiger partial charge < -0.3 is 9.32 Å². The van der Waals surface area contributed by atoms with E-state index in [-0.39, 0.29) is 5.91 Å². The Hall–Kier alpha value is -2.40. The normalized spacial score (nSPS) is 11.1. The van der Waals surface area contributed by atoms with Crippen molar-refractivity contribution in [2.24, 2.45) is 0 Å². The highest BCUT2D eigenvalue weighted by atomic mass is 32.2. The van der Waals surface area contributed by atoms with Gasteiger partial charge in [0, 0.05) is 36.1 Å². The van der Waals surface area contributed by atoms with E-state index in [9.17, 15) is 4.79 Å². The van der Waals surface area contributed by atoms with E-state index in [4.69, 9.17) is 4.42 Å². The Bertz CT molecular complexity index is 900.